The largest absolute Gasteiger partial charge is 0.268 e. The number of thiophene rings is 1. The highest BCUT2D eigenvalue weighted by molar-refractivity contribution is 7.99. The summed E-state index contributed by atoms with van der Waals surface area (Å²) in [6.45, 7) is 5.75. The SMILES string of the molecule is C=CCc1csc2nc(SCC)n(-c3ccc(F)cc3)c(=O)c12. The van der Waals surface area contributed by atoms with Gasteiger partial charge in [0.1, 0.15) is 10.6 Å². The first-order valence-electron chi connectivity index (χ1n) is 7.18. The number of rotatable bonds is 5. The van der Waals surface area contributed by atoms with Gasteiger partial charge in [0.15, 0.2) is 5.16 Å². The van der Waals surface area contributed by atoms with Crippen LogP contribution in [-0.4, -0.2) is 15.3 Å². The number of aromatic nitrogens is 2. The highest BCUT2D eigenvalue weighted by Gasteiger charge is 2.16. The molecule has 23 heavy (non-hydrogen) atoms. The summed E-state index contributed by atoms with van der Waals surface area (Å²) in [5, 5.41) is 3.21. The summed E-state index contributed by atoms with van der Waals surface area (Å²) in [6, 6.07) is 5.91. The Morgan fingerprint density at radius 2 is 2.13 bits per heavy atom. The standard InChI is InChI=1S/C17H15FN2OS2/c1-3-5-11-10-23-15-14(11)16(21)20(17(19-15)22-4-2)13-8-6-12(18)7-9-13/h3,6-10H,1,4-5H2,2H3. The second-order valence-corrected chi connectivity index (χ2v) is 6.97. The Bertz CT molecular complexity index is 913. The molecule has 0 amide bonds. The van der Waals surface area contributed by atoms with Gasteiger partial charge in [-0.2, -0.15) is 0 Å². The Balaban J connectivity index is 2.32. The van der Waals surface area contributed by atoms with Crippen LogP contribution in [0.5, 0.6) is 0 Å². The van der Waals surface area contributed by atoms with Crippen LogP contribution in [0.2, 0.25) is 0 Å². The maximum atomic E-state index is 13.2. The van der Waals surface area contributed by atoms with Crippen LogP contribution in [-0.2, 0) is 6.42 Å². The molecule has 2 heterocycles. The fraction of sp³-hybridized carbons (Fsp3) is 0.176. The predicted octanol–water partition coefficient (Wildman–Crippen LogP) is 4.43. The maximum absolute atomic E-state index is 13.2. The molecule has 3 nitrogen and oxygen atoms in total. The molecule has 1 aromatic carbocycles. The molecule has 0 spiro atoms. The van der Waals surface area contributed by atoms with E-state index in [4.69, 9.17) is 0 Å². The van der Waals surface area contributed by atoms with Gasteiger partial charge < -0.3 is 0 Å². The minimum atomic E-state index is -0.330. The van der Waals surface area contributed by atoms with Crippen LogP contribution < -0.4 is 5.56 Å². The Labute approximate surface area is 141 Å². The van der Waals surface area contributed by atoms with Crippen molar-refractivity contribution < 1.29 is 4.39 Å². The van der Waals surface area contributed by atoms with Crippen LogP contribution in [0, 0.1) is 5.82 Å². The van der Waals surface area contributed by atoms with Crippen molar-refractivity contribution in [3.05, 3.63) is 64.0 Å². The number of thioether (sulfide) groups is 1. The molecular weight excluding hydrogens is 331 g/mol. The zero-order valence-electron chi connectivity index (χ0n) is 12.6. The van der Waals surface area contributed by atoms with E-state index in [1.54, 1.807) is 22.8 Å². The lowest BCUT2D eigenvalue weighted by Crippen LogP contribution is -2.21. The summed E-state index contributed by atoms with van der Waals surface area (Å²) in [4.78, 5) is 18.4. The smallest absolute Gasteiger partial charge is 0.267 e. The van der Waals surface area contributed by atoms with Gasteiger partial charge in [-0.3, -0.25) is 9.36 Å². The Hall–Kier alpha value is -1.92. The van der Waals surface area contributed by atoms with Gasteiger partial charge in [0.2, 0.25) is 0 Å². The summed E-state index contributed by atoms with van der Waals surface area (Å²) < 4.78 is 14.8. The molecule has 0 atom stereocenters. The van der Waals surface area contributed by atoms with Crippen LogP contribution in [0.25, 0.3) is 15.9 Å². The minimum Gasteiger partial charge on any atom is -0.268 e. The molecule has 0 N–H and O–H groups in total. The van der Waals surface area contributed by atoms with Crippen molar-refractivity contribution in [2.24, 2.45) is 0 Å². The van der Waals surface area contributed by atoms with E-state index >= 15 is 0 Å². The molecule has 0 aliphatic carbocycles. The molecule has 0 saturated carbocycles. The first-order valence-corrected chi connectivity index (χ1v) is 9.05. The van der Waals surface area contributed by atoms with Gasteiger partial charge in [-0.1, -0.05) is 24.8 Å². The number of nitrogens with zero attached hydrogens (tertiary/aromatic N) is 2. The maximum Gasteiger partial charge on any atom is 0.267 e. The van der Waals surface area contributed by atoms with Gasteiger partial charge in [0.05, 0.1) is 11.1 Å². The number of hydrogen-bond donors (Lipinski definition) is 0. The summed E-state index contributed by atoms with van der Waals surface area (Å²) in [5.41, 5.74) is 1.44. The zero-order valence-corrected chi connectivity index (χ0v) is 14.2. The van der Waals surface area contributed by atoms with Crippen molar-refractivity contribution in [2.75, 3.05) is 5.75 Å². The summed E-state index contributed by atoms with van der Waals surface area (Å²) in [7, 11) is 0. The second kappa shape index (κ2) is 6.68. The van der Waals surface area contributed by atoms with E-state index in [1.807, 2.05) is 12.3 Å². The van der Waals surface area contributed by atoms with Crippen molar-refractivity contribution in [2.45, 2.75) is 18.5 Å². The number of halogens is 1. The molecular formula is C17H15FN2OS2. The monoisotopic (exact) mass is 346 g/mol. The molecule has 118 valence electrons. The normalized spacial score (nSPS) is 11.0. The lowest BCUT2D eigenvalue weighted by atomic mass is 10.2. The van der Waals surface area contributed by atoms with E-state index in [0.29, 0.717) is 22.7 Å². The number of fused-ring (bicyclic) bond motifs is 1. The Morgan fingerprint density at radius 1 is 1.39 bits per heavy atom. The third-order valence-corrected chi connectivity index (χ3v) is 5.12. The molecule has 0 radical (unpaired) electrons. The van der Waals surface area contributed by atoms with E-state index in [1.165, 1.54) is 35.2 Å². The topological polar surface area (TPSA) is 34.9 Å². The van der Waals surface area contributed by atoms with Crippen LogP contribution in [0.4, 0.5) is 4.39 Å². The Kier molecular flexibility index (Phi) is 4.63. The molecule has 0 saturated heterocycles. The lowest BCUT2D eigenvalue weighted by Gasteiger charge is -2.11. The molecule has 0 fully saturated rings. The van der Waals surface area contributed by atoms with E-state index in [9.17, 15) is 9.18 Å². The molecule has 0 unspecified atom stereocenters. The number of hydrogen-bond acceptors (Lipinski definition) is 4. The van der Waals surface area contributed by atoms with Crippen LogP contribution in [0.15, 0.2) is 52.3 Å². The van der Waals surface area contributed by atoms with E-state index in [-0.39, 0.29) is 11.4 Å². The summed E-state index contributed by atoms with van der Waals surface area (Å²) in [6.07, 6.45) is 2.40. The highest BCUT2D eigenvalue weighted by atomic mass is 32.2. The van der Waals surface area contributed by atoms with E-state index < -0.39 is 0 Å². The van der Waals surface area contributed by atoms with Crippen molar-refractivity contribution in [3.63, 3.8) is 0 Å². The van der Waals surface area contributed by atoms with Crippen molar-refractivity contribution in [3.8, 4) is 5.69 Å². The third-order valence-electron chi connectivity index (χ3n) is 3.38. The fourth-order valence-corrected chi connectivity index (χ4v) is 4.11. The molecule has 0 aliphatic rings. The fourth-order valence-electron chi connectivity index (χ4n) is 2.38. The van der Waals surface area contributed by atoms with Crippen LogP contribution >= 0.6 is 23.1 Å². The number of benzene rings is 1. The molecule has 6 heteroatoms. The number of allylic oxidation sites excluding steroid dienone is 1. The van der Waals surface area contributed by atoms with Gasteiger partial charge in [-0.15, -0.1) is 17.9 Å². The summed E-state index contributed by atoms with van der Waals surface area (Å²) in [5.74, 6) is 0.465. The first-order chi connectivity index (χ1) is 11.2. The molecule has 3 rings (SSSR count). The molecule has 0 aliphatic heterocycles. The third kappa shape index (κ3) is 2.96. The highest BCUT2D eigenvalue weighted by Crippen LogP contribution is 2.27. The first kappa shape index (κ1) is 16.0. The van der Waals surface area contributed by atoms with Gasteiger partial charge in [-0.05, 0) is 47.4 Å². The molecule has 3 aromatic rings. The molecule has 2 aromatic heterocycles. The van der Waals surface area contributed by atoms with E-state index in [0.717, 1.165) is 16.1 Å². The van der Waals surface area contributed by atoms with Crippen molar-refractivity contribution in [1.29, 1.82) is 0 Å². The van der Waals surface area contributed by atoms with Crippen molar-refractivity contribution in [1.82, 2.24) is 9.55 Å². The van der Waals surface area contributed by atoms with Crippen LogP contribution in [0.1, 0.15) is 12.5 Å². The predicted molar refractivity (Wildman–Crippen MR) is 95.5 cm³/mol. The van der Waals surface area contributed by atoms with Crippen LogP contribution in [0.3, 0.4) is 0 Å². The van der Waals surface area contributed by atoms with Gasteiger partial charge in [0.25, 0.3) is 5.56 Å². The summed E-state index contributed by atoms with van der Waals surface area (Å²) >= 11 is 2.97. The molecule has 0 bridgehead atoms. The van der Waals surface area contributed by atoms with Gasteiger partial charge in [0, 0.05) is 0 Å². The van der Waals surface area contributed by atoms with Crippen molar-refractivity contribution >= 4 is 33.3 Å². The minimum absolute atomic E-state index is 0.115. The quantitative estimate of drug-likeness (QED) is 0.389. The average Bonchev–Trinajstić information content (AvgIpc) is 2.93. The van der Waals surface area contributed by atoms with Gasteiger partial charge >= 0.3 is 0 Å². The Morgan fingerprint density at radius 3 is 2.78 bits per heavy atom. The van der Waals surface area contributed by atoms with E-state index in [2.05, 4.69) is 11.6 Å². The van der Waals surface area contributed by atoms with Gasteiger partial charge in [-0.25, -0.2) is 9.37 Å². The zero-order chi connectivity index (χ0) is 16.4. The average molecular weight is 346 g/mol. The lowest BCUT2D eigenvalue weighted by molar-refractivity contribution is 0.627. The second-order valence-electron chi connectivity index (χ2n) is 4.88.